The van der Waals surface area contributed by atoms with Gasteiger partial charge in [-0.15, -0.1) is 0 Å². The van der Waals surface area contributed by atoms with Crippen molar-refractivity contribution in [1.82, 2.24) is 4.90 Å². The maximum absolute atomic E-state index is 13.0. The number of benzene rings is 2. The van der Waals surface area contributed by atoms with Crippen LogP contribution in [0.3, 0.4) is 0 Å². The summed E-state index contributed by atoms with van der Waals surface area (Å²) >= 11 is 0. The Morgan fingerprint density at radius 1 is 1.07 bits per heavy atom. The van der Waals surface area contributed by atoms with Crippen molar-refractivity contribution in [3.8, 4) is 0 Å². The Morgan fingerprint density at radius 3 is 2.28 bits per heavy atom. The average Bonchev–Trinajstić information content (AvgIpc) is 2.65. The minimum absolute atomic E-state index is 0.341. The summed E-state index contributed by atoms with van der Waals surface area (Å²) in [7, 11) is 1.41. The summed E-state index contributed by atoms with van der Waals surface area (Å²) in [5.41, 5.74) is 0.736. The molecule has 2 rings (SSSR count). The lowest BCUT2D eigenvalue weighted by Gasteiger charge is -2.17. The molecule has 0 radical (unpaired) electrons. The fourth-order valence-corrected chi connectivity index (χ4v) is 2.61. The van der Waals surface area contributed by atoms with Crippen molar-refractivity contribution in [2.24, 2.45) is 0 Å². The van der Waals surface area contributed by atoms with Gasteiger partial charge in [0.15, 0.2) is 0 Å². The van der Waals surface area contributed by atoms with Crippen molar-refractivity contribution >= 4 is 23.6 Å². The molecule has 0 saturated heterocycles. The number of nitrogens with zero attached hydrogens (tertiary/aromatic N) is 1. The van der Waals surface area contributed by atoms with Crippen LogP contribution in [0.15, 0.2) is 54.6 Å². The zero-order valence-electron chi connectivity index (χ0n) is 16.5. The van der Waals surface area contributed by atoms with Crippen LogP contribution in [0.2, 0.25) is 0 Å². The number of carbonyl (C=O) groups is 2. The van der Waals surface area contributed by atoms with Crippen molar-refractivity contribution in [2.45, 2.75) is 25.9 Å². The number of hydrogen-bond acceptors (Lipinski definition) is 2. The molecule has 2 aromatic carbocycles. The number of alkyl halides is 3. The summed E-state index contributed by atoms with van der Waals surface area (Å²) in [5, 5.41) is 2.22. The first-order chi connectivity index (χ1) is 13.6. The third-order valence-electron chi connectivity index (χ3n) is 4.29. The Hall–Kier alpha value is -3.09. The summed E-state index contributed by atoms with van der Waals surface area (Å²) in [6, 6.07) is 12.4. The molecular weight excluding hydrogens is 381 g/mol. The first-order valence-electron chi connectivity index (χ1n) is 9.07. The standard InChI is InChI=1S/C22H23F3N2O2/c1-15(2)17-11-8-16(9-12-17)10-13-21(29)27(3)14-20(28)26-19-7-5-4-6-18(19)22(23,24)25/h4-13,15H,14H2,1-3H3,(H,26,28)/b13-10+. The van der Waals surface area contributed by atoms with Gasteiger partial charge in [-0.25, -0.2) is 0 Å². The molecule has 0 heterocycles. The summed E-state index contributed by atoms with van der Waals surface area (Å²) < 4.78 is 39.0. The minimum atomic E-state index is -4.58. The van der Waals surface area contributed by atoms with E-state index in [0.717, 1.165) is 16.5 Å². The number of para-hydroxylation sites is 1. The van der Waals surface area contributed by atoms with Gasteiger partial charge in [0.1, 0.15) is 0 Å². The molecule has 0 aromatic heterocycles. The van der Waals surface area contributed by atoms with E-state index in [4.69, 9.17) is 0 Å². The van der Waals surface area contributed by atoms with Gasteiger partial charge in [-0.2, -0.15) is 13.2 Å². The normalized spacial score (nSPS) is 11.7. The zero-order chi connectivity index (χ0) is 21.6. The first-order valence-corrected chi connectivity index (χ1v) is 9.07. The van der Waals surface area contributed by atoms with E-state index < -0.39 is 23.6 Å². The second kappa shape index (κ2) is 9.41. The minimum Gasteiger partial charge on any atom is -0.333 e. The molecule has 2 amide bonds. The van der Waals surface area contributed by atoms with Crippen molar-refractivity contribution in [3.63, 3.8) is 0 Å². The van der Waals surface area contributed by atoms with E-state index in [0.29, 0.717) is 5.92 Å². The van der Waals surface area contributed by atoms with E-state index in [9.17, 15) is 22.8 Å². The number of carbonyl (C=O) groups excluding carboxylic acids is 2. The number of nitrogens with one attached hydrogen (secondary N) is 1. The highest BCUT2D eigenvalue weighted by Crippen LogP contribution is 2.34. The molecule has 0 unspecified atom stereocenters. The second-order valence-corrected chi connectivity index (χ2v) is 6.94. The molecule has 0 atom stereocenters. The lowest BCUT2D eigenvalue weighted by atomic mass is 10.0. The number of likely N-dealkylation sites (N-methyl/N-ethyl adjacent to an activating group) is 1. The third-order valence-corrected chi connectivity index (χ3v) is 4.29. The summed E-state index contributed by atoms with van der Waals surface area (Å²) in [4.78, 5) is 25.4. The molecule has 29 heavy (non-hydrogen) atoms. The second-order valence-electron chi connectivity index (χ2n) is 6.94. The molecule has 7 heteroatoms. The van der Waals surface area contributed by atoms with E-state index in [1.165, 1.54) is 36.9 Å². The van der Waals surface area contributed by atoms with Gasteiger partial charge >= 0.3 is 6.18 Å². The fraction of sp³-hybridized carbons (Fsp3) is 0.273. The summed E-state index contributed by atoms with van der Waals surface area (Å²) in [6.45, 7) is 3.80. The van der Waals surface area contributed by atoms with Crippen molar-refractivity contribution in [3.05, 3.63) is 71.3 Å². The van der Waals surface area contributed by atoms with Gasteiger partial charge < -0.3 is 10.2 Å². The molecule has 0 aliphatic carbocycles. The Morgan fingerprint density at radius 2 is 1.69 bits per heavy atom. The summed E-state index contributed by atoms with van der Waals surface area (Å²) in [6.07, 6.45) is -1.64. The number of anilines is 1. The van der Waals surface area contributed by atoms with E-state index in [-0.39, 0.29) is 12.2 Å². The molecular formula is C22H23F3N2O2. The molecule has 0 saturated carbocycles. The molecule has 0 fully saturated rings. The topological polar surface area (TPSA) is 49.4 Å². The summed E-state index contributed by atoms with van der Waals surface area (Å²) in [5.74, 6) is -0.744. The Bertz CT molecular complexity index is 888. The molecule has 2 aromatic rings. The average molecular weight is 404 g/mol. The smallest absolute Gasteiger partial charge is 0.333 e. The zero-order valence-corrected chi connectivity index (χ0v) is 16.5. The quantitative estimate of drug-likeness (QED) is 0.694. The number of halogens is 3. The maximum atomic E-state index is 13.0. The van der Waals surface area contributed by atoms with Crippen LogP contribution >= 0.6 is 0 Å². The monoisotopic (exact) mass is 404 g/mol. The fourth-order valence-electron chi connectivity index (χ4n) is 2.61. The van der Waals surface area contributed by atoms with E-state index >= 15 is 0 Å². The predicted octanol–water partition coefficient (Wildman–Crippen LogP) is 4.94. The number of hydrogen-bond donors (Lipinski definition) is 1. The third kappa shape index (κ3) is 6.48. The van der Waals surface area contributed by atoms with Gasteiger partial charge in [0.25, 0.3) is 0 Å². The molecule has 0 spiro atoms. The van der Waals surface area contributed by atoms with Gasteiger partial charge in [0, 0.05) is 13.1 Å². The van der Waals surface area contributed by atoms with Crippen molar-refractivity contribution in [2.75, 3.05) is 18.9 Å². The van der Waals surface area contributed by atoms with Gasteiger partial charge in [0.05, 0.1) is 17.8 Å². The van der Waals surface area contributed by atoms with Crippen LogP contribution < -0.4 is 5.32 Å². The highest BCUT2D eigenvalue weighted by atomic mass is 19.4. The van der Waals surface area contributed by atoms with Crippen molar-refractivity contribution in [1.29, 1.82) is 0 Å². The van der Waals surface area contributed by atoms with Crippen LogP contribution in [-0.2, 0) is 15.8 Å². The Labute approximate surface area is 168 Å². The van der Waals surface area contributed by atoms with Gasteiger partial charge in [0.2, 0.25) is 11.8 Å². The maximum Gasteiger partial charge on any atom is 0.418 e. The van der Waals surface area contributed by atoms with Gasteiger partial charge in [-0.3, -0.25) is 9.59 Å². The molecule has 1 N–H and O–H groups in total. The van der Waals surface area contributed by atoms with Crippen LogP contribution in [0.1, 0.15) is 36.5 Å². The van der Waals surface area contributed by atoms with Crippen LogP contribution in [-0.4, -0.2) is 30.3 Å². The lowest BCUT2D eigenvalue weighted by Crippen LogP contribution is -2.34. The van der Waals surface area contributed by atoms with Gasteiger partial charge in [-0.05, 0) is 35.3 Å². The van der Waals surface area contributed by atoms with E-state index in [2.05, 4.69) is 19.2 Å². The first kappa shape index (κ1) is 22.2. The molecule has 154 valence electrons. The predicted molar refractivity (Wildman–Crippen MR) is 107 cm³/mol. The van der Waals surface area contributed by atoms with Crippen LogP contribution in [0.5, 0.6) is 0 Å². The Balaban J connectivity index is 1.96. The van der Waals surface area contributed by atoms with E-state index in [1.54, 1.807) is 6.08 Å². The largest absolute Gasteiger partial charge is 0.418 e. The molecule has 0 bridgehead atoms. The van der Waals surface area contributed by atoms with Crippen LogP contribution in [0.4, 0.5) is 18.9 Å². The molecule has 0 aliphatic rings. The molecule has 0 aliphatic heterocycles. The van der Waals surface area contributed by atoms with Gasteiger partial charge in [-0.1, -0.05) is 50.2 Å². The van der Waals surface area contributed by atoms with Crippen molar-refractivity contribution < 1.29 is 22.8 Å². The Kier molecular flexibility index (Phi) is 7.20. The lowest BCUT2D eigenvalue weighted by molar-refractivity contribution is -0.137. The molecule has 4 nitrogen and oxygen atoms in total. The number of rotatable bonds is 6. The highest BCUT2D eigenvalue weighted by molar-refractivity contribution is 5.98. The van der Waals surface area contributed by atoms with Crippen LogP contribution in [0.25, 0.3) is 6.08 Å². The highest BCUT2D eigenvalue weighted by Gasteiger charge is 2.33. The number of amides is 2. The van der Waals surface area contributed by atoms with E-state index in [1.807, 2.05) is 24.3 Å². The SMILES string of the molecule is CC(C)c1ccc(/C=C/C(=O)N(C)CC(=O)Nc2ccccc2C(F)(F)F)cc1. The van der Waals surface area contributed by atoms with Crippen LogP contribution in [0, 0.1) is 0 Å².